The lowest BCUT2D eigenvalue weighted by atomic mass is 10.1. The second-order valence-electron chi connectivity index (χ2n) is 4.84. The van der Waals surface area contributed by atoms with Crippen molar-refractivity contribution in [2.75, 3.05) is 13.2 Å². The van der Waals surface area contributed by atoms with Gasteiger partial charge in [0.15, 0.2) is 0 Å². The van der Waals surface area contributed by atoms with Gasteiger partial charge in [0, 0.05) is 29.5 Å². The van der Waals surface area contributed by atoms with E-state index in [1.54, 1.807) is 6.20 Å². The van der Waals surface area contributed by atoms with E-state index in [-0.39, 0.29) is 12.6 Å². The lowest BCUT2D eigenvalue weighted by molar-refractivity contribution is 0.104. The van der Waals surface area contributed by atoms with Gasteiger partial charge in [-0.25, -0.2) is 0 Å². The second kappa shape index (κ2) is 8.12. The molecule has 2 N–H and O–H groups in total. The summed E-state index contributed by atoms with van der Waals surface area (Å²) in [4.78, 5) is 4.09. The van der Waals surface area contributed by atoms with Gasteiger partial charge in [-0.15, -0.1) is 0 Å². The standard InChI is InChI=1S/C16H19BrN2O2/c1-12(13-4-3-7-18-9-13)19-10-15(20)11-21-16-6-2-5-14(17)8-16/h2-9,12,15,19-20H,10-11H2,1H3. The zero-order valence-corrected chi connectivity index (χ0v) is 13.5. The number of hydrogen-bond donors (Lipinski definition) is 2. The van der Waals surface area contributed by atoms with E-state index in [1.165, 1.54) is 0 Å². The zero-order chi connectivity index (χ0) is 15.1. The highest BCUT2D eigenvalue weighted by molar-refractivity contribution is 9.10. The summed E-state index contributed by atoms with van der Waals surface area (Å²) in [5.74, 6) is 0.740. The Kier molecular flexibility index (Phi) is 6.17. The molecule has 2 atom stereocenters. The topological polar surface area (TPSA) is 54.4 Å². The molecule has 0 fully saturated rings. The number of pyridine rings is 1. The molecule has 0 spiro atoms. The van der Waals surface area contributed by atoms with Gasteiger partial charge in [-0.1, -0.05) is 28.1 Å². The summed E-state index contributed by atoms with van der Waals surface area (Å²) in [6.07, 6.45) is 3.00. The van der Waals surface area contributed by atoms with Crippen molar-refractivity contribution in [2.45, 2.75) is 19.1 Å². The Labute approximate surface area is 133 Å². The average Bonchev–Trinajstić information content (AvgIpc) is 2.51. The molecular weight excluding hydrogens is 332 g/mol. The van der Waals surface area contributed by atoms with Crippen LogP contribution in [0, 0.1) is 0 Å². The third-order valence-electron chi connectivity index (χ3n) is 3.08. The largest absolute Gasteiger partial charge is 0.491 e. The minimum atomic E-state index is -0.567. The van der Waals surface area contributed by atoms with E-state index in [9.17, 15) is 5.11 Å². The number of ether oxygens (including phenoxy) is 1. The van der Waals surface area contributed by atoms with E-state index >= 15 is 0 Å². The van der Waals surface area contributed by atoms with E-state index in [0.29, 0.717) is 6.54 Å². The summed E-state index contributed by atoms with van der Waals surface area (Å²) in [6, 6.07) is 11.6. The Balaban J connectivity index is 1.73. The molecule has 1 heterocycles. The molecule has 2 rings (SSSR count). The van der Waals surface area contributed by atoms with Crippen molar-refractivity contribution >= 4 is 15.9 Å². The van der Waals surface area contributed by atoms with E-state index in [2.05, 4.69) is 26.2 Å². The molecule has 0 radical (unpaired) electrons. The molecule has 1 aromatic heterocycles. The van der Waals surface area contributed by atoms with Crippen LogP contribution in [0.3, 0.4) is 0 Å². The number of nitrogens with zero attached hydrogens (tertiary/aromatic N) is 1. The number of hydrogen-bond acceptors (Lipinski definition) is 4. The molecule has 0 aliphatic rings. The predicted molar refractivity (Wildman–Crippen MR) is 86.3 cm³/mol. The summed E-state index contributed by atoms with van der Waals surface area (Å²) < 4.78 is 6.51. The van der Waals surface area contributed by atoms with Crippen LogP contribution in [0.1, 0.15) is 18.5 Å². The van der Waals surface area contributed by atoms with E-state index in [4.69, 9.17) is 4.74 Å². The predicted octanol–water partition coefficient (Wildman–Crippen LogP) is 2.93. The van der Waals surface area contributed by atoms with Gasteiger partial charge in [0.1, 0.15) is 18.5 Å². The lowest BCUT2D eigenvalue weighted by Gasteiger charge is -2.17. The summed E-state index contributed by atoms with van der Waals surface area (Å²) in [5.41, 5.74) is 1.10. The molecule has 112 valence electrons. The van der Waals surface area contributed by atoms with E-state index < -0.39 is 6.10 Å². The van der Waals surface area contributed by atoms with Gasteiger partial charge in [-0.3, -0.25) is 4.98 Å². The van der Waals surface area contributed by atoms with Gasteiger partial charge in [0.2, 0.25) is 0 Å². The molecule has 2 unspecified atom stereocenters. The van der Waals surface area contributed by atoms with E-state index in [0.717, 1.165) is 15.8 Å². The molecule has 21 heavy (non-hydrogen) atoms. The maximum absolute atomic E-state index is 9.96. The minimum absolute atomic E-state index is 0.138. The first-order valence-corrected chi connectivity index (χ1v) is 7.64. The number of benzene rings is 1. The van der Waals surface area contributed by atoms with Gasteiger partial charge >= 0.3 is 0 Å². The Hall–Kier alpha value is -1.43. The highest BCUT2D eigenvalue weighted by Gasteiger charge is 2.09. The molecule has 5 heteroatoms. The molecule has 4 nitrogen and oxygen atoms in total. The van der Waals surface area contributed by atoms with Gasteiger partial charge in [0.05, 0.1) is 0 Å². The van der Waals surface area contributed by atoms with Crippen LogP contribution in [-0.2, 0) is 0 Å². The van der Waals surface area contributed by atoms with Crippen molar-refractivity contribution in [3.05, 3.63) is 58.8 Å². The normalized spacial score (nSPS) is 13.7. The molecule has 0 aliphatic heterocycles. The fourth-order valence-corrected chi connectivity index (χ4v) is 2.25. The lowest BCUT2D eigenvalue weighted by Crippen LogP contribution is -2.33. The van der Waals surface area contributed by atoms with Crippen LogP contribution in [0.4, 0.5) is 0 Å². The average molecular weight is 351 g/mol. The Morgan fingerprint density at radius 2 is 2.19 bits per heavy atom. The molecule has 0 amide bonds. The van der Waals surface area contributed by atoms with Crippen molar-refractivity contribution in [3.63, 3.8) is 0 Å². The fraction of sp³-hybridized carbons (Fsp3) is 0.312. The highest BCUT2D eigenvalue weighted by Crippen LogP contribution is 2.17. The summed E-state index contributed by atoms with van der Waals surface area (Å²) in [7, 11) is 0. The molecule has 1 aromatic carbocycles. The maximum Gasteiger partial charge on any atom is 0.120 e. The van der Waals surface area contributed by atoms with Gasteiger partial charge in [-0.2, -0.15) is 0 Å². The first-order valence-electron chi connectivity index (χ1n) is 6.85. The van der Waals surface area contributed by atoms with Gasteiger partial charge < -0.3 is 15.2 Å². The SMILES string of the molecule is CC(NCC(O)COc1cccc(Br)c1)c1cccnc1. The maximum atomic E-state index is 9.96. The summed E-state index contributed by atoms with van der Waals surface area (Å²) >= 11 is 3.38. The zero-order valence-electron chi connectivity index (χ0n) is 11.9. The second-order valence-corrected chi connectivity index (χ2v) is 5.75. The number of halogens is 1. The Morgan fingerprint density at radius 1 is 1.33 bits per heavy atom. The van der Waals surface area contributed by atoms with Crippen LogP contribution >= 0.6 is 15.9 Å². The van der Waals surface area contributed by atoms with Gasteiger partial charge in [0.25, 0.3) is 0 Å². The highest BCUT2D eigenvalue weighted by atomic mass is 79.9. The quantitative estimate of drug-likeness (QED) is 0.805. The van der Waals surface area contributed by atoms with Crippen molar-refractivity contribution in [1.82, 2.24) is 10.3 Å². The van der Waals surface area contributed by atoms with Crippen LogP contribution in [0.25, 0.3) is 0 Å². The summed E-state index contributed by atoms with van der Waals surface area (Å²) in [5, 5.41) is 13.2. The molecule has 0 saturated heterocycles. The Morgan fingerprint density at radius 3 is 2.90 bits per heavy atom. The summed E-state index contributed by atoms with van der Waals surface area (Å²) in [6.45, 7) is 2.76. The van der Waals surface area contributed by atoms with E-state index in [1.807, 2.05) is 49.5 Å². The fourth-order valence-electron chi connectivity index (χ4n) is 1.87. The first-order chi connectivity index (χ1) is 10.1. The smallest absolute Gasteiger partial charge is 0.120 e. The van der Waals surface area contributed by atoms with Crippen LogP contribution in [0.5, 0.6) is 5.75 Å². The van der Waals surface area contributed by atoms with Crippen molar-refractivity contribution in [1.29, 1.82) is 0 Å². The Bertz CT molecular complexity index is 551. The number of aliphatic hydroxyl groups is 1. The number of aliphatic hydroxyl groups excluding tert-OH is 1. The van der Waals surface area contributed by atoms with Crippen LogP contribution in [-0.4, -0.2) is 29.3 Å². The minimum Gasteiger partial charge on any atom is -0.491 e. The molecular formula is C16H19BrN2O2. The third-order valence-corrected chi connectivity index (χ3v) is 3.58. The number of aromatic nitrogens is 1. The van der Waals surface area contributed by atoms with Crippen molar-refractivity contribution in [3.8, 4) is 5.75 Å². The molecule has 0 saturated carbocycles. The number of rotatable bonds is 7. The van der Waals surface area contributed by atoms with Crippen LogP contribution in [0.2, 0.25) is 0 Å². The van der Waals surface area contributed by atoms with Gasteiger partial charge in [-0.05, 0) is 36.8 Å². The number of nitrogens with one attached hydrogen (secondary N) is 1. The van der Waals surface area contributed by atoms with Crippen molar-refractivity contribution in [2.24, 2.45) is 0 Å². The van der Waals surface area contributed by atoms with Crippen LogP contribution in [0.15, 0.2) is 53.3 Å². The third kappa shape index (κ3) is 5.46. The van der Waals surface area contributed by atoms with Crippen LogP contribution < -0.4 is 10.1 Å². The molecule has 0 bridgehead atoms. The van der Waals surface area contributed by atoms with Crippen molar-refractivity contribution < 1.29 is 9.84 Å². The molecule has 2 aromatic rings. The molecule has 0 aliphatic carbocycles. The first kappa shape index (κ1) is 15.9. The monoisotopic (exact) mass is 350 g/mol.